The summed E-state index contributed by atoms with van der Waals surface area (Å²) in [5, 5.41) is 3.91. The number of aromatic nitrogens is 1. The molecule has 0 unspecified atom stereocenters. The molecule has 4 heteroatoms. The lowest BCUT2D eigenvalue weighted by Crippen LogP contribution is -2.12. The topological polar surface area (TPSA) is 61.3 Å². The number of hydrogen-bond acceptors (Lipinski definition) is 4. The molecule has 0 bridgehead atoms. The van der Waals surface area contributed by atoms with E-state index in [1.807, 2.05) is 18.2 Å². The fourth-order valence-electron chi connectivity index (χ4n) is 1.99. The van der Waals surface area contributed by atoms with Crippen molar-refractivity contribution in [1.82, 2.24) is 5.16 Å². The minimum Gasteiger partial charge on any atom is -0.496 e. The lowest BCUT2D eigenvalue weighted by Gasteiger charge is -2.22. The highest BCUT2D eigenvalue weighted by Gasteiger charge is 2.20. The maximum absolute atomic E-state index is 5.54. The van der Waals surface area contributed by atoms with Crippen LogP contribution in [0.15, 0.2) is 28.8 Å². The number of methoxy groups -OCH3 is 1. The molecule has 102 valence electrons. The Hall–Kier alpha value is -1.81. The van der Waals surface area contributed by atoms with Crippen molar-refractivity contribution in [3.8, 4) is 17.1 Å². The summed E-state index contributed by atoms with van der Waals surface area (Å²) in [6.45, 7) is 6.84. The van der Waals surface area contributed by atoms with E-state index in [1.165, 1.54) is 0 Å². The van der Waals surface area contributed by atoms with Crippen LogP contribution in [0.4, 0.5) is 0 Å². The molecule has 2 aromatic rings. The zero-order chi connectivity index (χ0) is 14.0. The molecule has 0 radical (unpaired) electrons. The molecule has 0 aliphatic carbocycles. The van der Waals surface area contributed by atoms with Gasteiger partial charge in [0, 0.05) is 23.7 Å². The van der Waals surface area contributed by atoms with Crippen LogP contribution in [0.3, 0.4) is 0 Å². The van der Waals surface area contributed by atoms with Gasteiger partial charge in [-0.25, -0.2) is 0 Å². The van der Waals surface area contributed by atoms with Crippen molar-refractivity contribution in [3.63, 3.8) is 0 Å². The number of nitrogens with zero attached hydrogens (tertiary/aromatic N) is 1. The maximum atomic E-state index is 5.54. The highest BCUT2D eigenvalue weighted by Crippen LogP contribution is 2.35. The summed E-state index contributed by atoms with van der Waals surface area (Å²) in [6.07, 6.45) is 0. The van der Waals surface area contributed by atoms with Crippen LogP contribution in [0.5, 0.6) is 5.75 Å². The number of ether oxygens (including phenoxy) is 1. The van der Waals surface area contributed by atoms with Gasteiger partial charge in [-0.3, -0.25) is 0 Å². The second kappa shape index (κ2) is 5.05. The first-order valence-corrected chi connectivity index (χ1v) is 6.30. The summed E-state index contributed by atoms with van der Waals surface area (Å²) in [5.74, 6) is 1.61. The molecule has 0 atom stereocenters. The Balaban J connectivity index is 2.48. The quantitative estimate of drug-likeness (QED) is 0.921. The van der Waals surface area contributed by atoms with Crippen molar-refractivity contribution in [2.24, 2.45) is 5.73 Å². The van der Waals surface area contributed by atoms with Gasteiger partial charge in [-0.1, -0.05) is 25.9 Å². The van der Waals surface area contributed by atoms with Gasteiger partial charge >= 0.3 is 0 Å². The number of benzene rings is 1. The molecule has 0 saturated carbocycles. The van der Waals surface area contributed by atoms with E-state index in [-0.39, 0.29) is 5.41 Å². The molecule has 1 aromatic heterocycles. The highest BCUT2D eigenvalue weighted by molar-refractivity contribution is 5.61. The number of rotatable bonds is 3. The second-order valence-electron chi connectivity index (χ2n) is 5.55. The van der Waals surface area contributed by atoms with Crippen molar-refractivity contribution >= 4 is 0 Å². The van der Waals surface area contributed by atoms with Crippen molar-refractivity contribution in [1.29, 1.82) is 0 Å². The van der Waals surface area contributed by atoms with Crippen molar-refractivity contribution in [2.75, 3.05) is 7.11 Å². The molecule has 0 spiro atoms. The van der Waals surface area contributed by atoms with Crippen molar-refractivity contribution in [2.45, 2.75) is 32.7 Å². The van der Waals surface area contributed by atoms with Gasteiger partial charge in [-0.15, -0.1) is 0 Å². The summed E-state index contributed by atoms with van der Waals surface area (Å²) < 4.78 is 10.7. The second-order valence-corrected chi connectivity index (χ2v) is 5.55. The highest BCUT2D eigenvalue weighted by atomic mass is 16.5. The third kappa shape index (κ3) is 2.79. The fourth-order valence-corrected chi connectivity index (χ4v) is 1.99. The molecule has 0 aliphatic rings. The van der Waals surface area contributed by atoms with Gasteiger partial charge in [0.05, 0.1) is 12.8 Å². The third-order valence-electron chi connectivity index (χ3n) is 3.06. The molecule has 0 aliphatic heterocycles. The SMILES string of the molecule is COc1ccc(-c2cc(CN)no2)cc1C(C)(C)C. The summed E-state index contributed by atoms with van der Waals surface area (Å²) in [7, 11) is 1.69. The normalized spacial score (nSPS) is 11.6. The van der Waals surface area contributed by atoms with Crippen LogP contribution < -0.4 is 10.5 Å². The fraction of sp³-hybridized carbons (Fsp3) is 0.400. The first kappa shape index (κ1) is 13.6. The molecule has 0 amide bonds. The van der Waals surface area contributed by atoms with Gasteiger partial charge in [-0.2, -0.15) is 0 Å². The van der Waals surface area contributed by atoms with Gasteiger partial charge in [0.2, 0.25) is 0 Å². The first-order chi connectivity index (χ1) is 8.95. The van der Waals surface area contributed by atoms with Gasteiger partial charge in [0.25, 0.3) is 0 Å². The van der Waals surface area contributed by atoms with Gasteiger partial charge < -0.3 is 15.0 Å². The van der Waals surface area contributed by atoms with Crippen molar-refractivity contribution < 1.29 is 9.26 Å². The molecule has 4 nitrogen and oxygen atoms in total. The van der Waals surface area contributed by atoms with E-state index in [2.05, 4.69) is 32.0 Å². The Morgan fingerprint density at radius 3 is 2.53 bits per heavy atom. The van der Waals surface area contributed by atoms with Gasteiger partial charge in [0.1, 0.15) is 5.75 Å². The number of hydrogen-bond donors (Lipinski definition) is 1. The molecule has 0 fully saturated rings. The van der Waals surface area contributed by atoms with Crippen LogP contribution in [0.25, 0.3) is 11.3 Å². The average Bonchev–Trinajstić information content (AvgIpc) is 2.85. The molecule has 0 saturated heterocycles. The summed E-state index contributed by atoms with van der Waals surface area (Å²) in [4.78, 5) is 0. The van der Waals surface area contributed by atoms with E-state index in [9.17, 15) is 0 Å². The van der Waals surface area contributed by atoms with Crippen LogP contribution >= 0.6 is 0 Å². The molecule has 1 heterocycles. The Labute approximate surface area is 113 Å². The lowest BCUT2D eigenvalue weighted by molar-refractivity contribution is 0.397. The largest absolute Gasteiger partial charge is 0.496 e. The van der Waals surface area contributed by atoms with Crippen LogP contribution in [0.2, 0.25) is 0 Å². The monoisotopic (exact) mass is 260 g/mol. The molecular weight excluding hydrogens is 240 g/mol. The zero-order valence-corrected chi connectivity index (χ0v) is 11.9. The summed E-state index contributed by atoms with van der Waals surface area (Å²) in [6, 6.07) is 7.88. The van der Waals surface area contributed by atoms with Crippen LogP contribution in [0, 0.1) is 0 Å². The van der Waals surface area contributed by atoms with E-state index >= 15 is 0 Å². The molecular formula is C15H20N2O2. The molecule has 19 heavy (non-hydrogen) atoms. The Kier molecular flexibility index (Phi) is 3.62. The van der Waals surface area contributed by atoms with E-state index in [0.717, 1.165) is 28.3 Å². The van der Waals surface area contributed by atoms with E-state index in [1.54, 1.807) is 7.11 Å². The Morgan fingerprint density at radius 2 is 2.00 bits per heavy atom. The van der Waals surface area contributed by atoms with Crippen LogP contribution in [-0.2, 0) is 12.0 Å². The minimum atomic E-state index is -0.00191. The summed E-state index contributed by atoms with van der Waals surface area (Å²) >= 11 is 0. The predicted molar refractivity (Wildman–Crippen MR) is 75.1 cm³/mol. The zero-order valence-electron chi connectivity index (χ0n) is 11.9. The molecule has 1 aromatic carbocycles. The summed E-state index contributed by atoms with van der Waals surface area (Å²) in [5.41, 5.74) is 8.42. The van der Waals surface area contributed by atoms with E-state index < -0.39 is 0 Å². The molecule has 2 rings (SSSR count). The predicted octanol–water partition coefficient (Wildman–Crippen LogP) is 3.11. The molecule has 2 N–H and O–H groups in total. The lowest BCUT2D eigenvalue weighted by atomic mass is 9.85. The Morgan fingerprint density at radius 1 is 1.26 bits per heavy atom. The van der Waals surface area contributed by atoms with Crippen LogP contribution in [-0.4, -0.2) is 12.3 Å². The van der Waals surface area contributed by atoms with E-state index in [4.69, 9.17) is 15.0 Å². The van der Waals surface area contributed by atoms with Gasteiger partial charge in [0.15, 0.2) is 5.76 Å². The first-order valence-electron chi connectivity index (χ1n) is 6.30. The number of nitrogens with two attached hydrogens (primary N) is 1. The third-order valence-corrected chi connectivity index (χ3v) is 3.06. The van der Waals surface area contributed by atoms with E-state index in [0.29, 0.717) is 6.54 Å². The Bertz CT molecular complexity index is 568. The minimum absolute atomic E-state index is 0.00191. The standard InChI is InChI=1S/C15H20N2O2/c1-15(2,3)12-7-10(5-6-13(12)18-4)14-8-11(9-16)17-19-14/h5-8H,9,16H2,1-4H3. The maximum Gasteiger partial charge on any atom is 0.167 e. The van der Waals surface area contributed by atoms with Crippen LogP contribution in [0.1, 0.15) is 32.0 Å². The van der Waals surface area contributed by atoms with Crippen molar-refractivity contribution in [3.05, 3.63) is 35.5 Å². The van der Waals surface area contributed by atoms with Gasteiger partial charge in [-0.05, 0) is 23.6 Å². The average molecular weight is 260 g/mol. The smallest absolute Gasteiger partial charge is 0.167 e.